The van der Waals surface area contributed by atoms with Gasteiger partial charge in [0.05, 0.1) is 11.1 Å². The van der Waals surface area contributed by atoms with E-state index < -0.39 is 0 Å². The second kappa shape index (κ2) is 7.40. The maximum Gasteiger partial charge on any atom is 0.223 e. The Morgan fingerprint density at radius 3 is 2.52 bits per heavy atom. The number of fused-ring (bicyclic) bond motifs is 1. The third kappa shape index (κ3) is 3.80. The minimum atomic E-state index is 0.535. The molecule has 136 valence electrons. The first kappa shape index (κ1) is 17.5. The third-order valence-corrected chi connectivity index (χ3v) is 5.10. The molecule has 2 aromatic carbocycles. The predicted molar refractivity (Wildman–Crippen MR) is 110 cm³/mol. The first-order chi connectivity index (χ1) is 13.1. The molecule has 0 spiro atoms. The fraction of sp³-hybridized carbons (Fsp3) is 0.190. The summed E-state index contributed by atoms with van der Waals surface area (Å²) in [7, 11) is 0. The SMILES string of the molecule is CSc1ccc(CNc2nc3cc(C)ccc3cc2-c2noc(C)n2)cc1. The lowest BCUT2D eigenvalue weighted by Gasteiger charge is -2.11. The zero-order valence-corrected chi connectivity index (χ0v) is 16.3. The summed E-state index contributed by atoms with van der Waals surface area (Å²) >= 11 is 1.74. The van der Waals surface area contributed by atoms with E-state index in [1.807, 2.05) is 0 Å². The Balaban J connectivity index is 1.71. The number of rotatable bonds is 5. The van der Waals surface area contributed by atoms with Gasteiger partial charge in [0.1, 0.15) is 5.82 Å². The van der Waals surface area contributed by atoms with Crippen molar-refractivity contribution >= 4 is 28.5 Å². The molecule has 0 aliphatic rings. The molecular weight excluding hydrogens is 356 g/mol. The van der Waals surface area contributed by atoms with Crippen molar-refractivity contribution < 1.29 is 4.52 Å². The lowest BCUT2D eigenvalue weighted by atomic mass is 10.1. The van der Waals surface area contributed by atoms with Crippen LogP contribution in [0.1, 0.15) is 17.0 Å². The normalized spacial score (nSPS) is 11.1. The lowest BCUT2D eigenvalue weighted by Crippen LogP contribution is -2.04. The van der Waals surface area contributed by atoms with Crippen molar-refractivity contribution in [2.45, 2.75) is 25.3 Å². The van der Waals surface area contributed by atoms with Crippen LogP contribution in [0.2, 0.25) is 0 Å². The molecule has 0 atom stereocenters. The third-order valence-electron chi connectivity index (χ3n) is 4.36. The number of aromatic nitrogens is 3. The molecule has 5 nitrogen and oxygen atoms in total. The number of thioether (sulfide) groups is 1. The zero-order valence-electron chi connectivity index (χ0n) is 15.5. The number of benzene rings is 2. The number of aryl methyl sites for hydroxylation is 2. The van der Waals surface area contributed by atoms with E-state index in [1.54, 1.807) is 18.7 Å². The topological polar surface area (TPSA) is 63.8 Å². The highest BCUT2D eigenvalue weighted by Gasteiger charge is 2.14. The van der Waals surface area contributed by atoms with Crippen LogP contribution in [0.15, 0.2) is 57.9 Å². The smallest absolute Gasteiger partial charge is 0.223 e. The van der Waals surface area contributed by atoms with E-state index in [1.165, 1.54) is 16.0 Å². The predicted octanol–water partition coefficient (Wildman–Crippen LogP) is 5.24. The molecule has 0 amide bonds. The van der Waals surface area contributed by atoms with Crippen molar-refractivity contribution in [2.24, 2.45) is 0 Å². The molecule has 0 aliphatic carbocycles. The summed E-state index contributed by atoms with van der Waals surface area (Å²) in [6, 6.07) is 16.8. The van der Waals surface area contributed by atoms with Gasteiger partial charge in [-0.2, -0.15) is 4.98 Å². The Labute approximate surface area is 162 Å². The van der Waals surface area contributed by atoms with Crippen LogP contribution in [0.25, 0.3) is 22.3 Å². The van der Waals surface area contributed by atoms with E-state index in [0.717, 1.165) is 22.3 Å². The summed E-state index contributed by atoms with van der Waals surface area (Å²) in [5.41, 5.74) is 4.15. The standard InChI is InChI=1S/C21H20N4OS/c1-13-4-7-16-11-18(21-23-14(2)26-25-21)20(24-19(16)10-13)22-12-15-5-8-17(27-3)9-6-15/h4-11H,12H2,1-3H3,(H,22,24). The van der Waals surface area contributed by atoms with E-state index in [0.29, 0.717) is 18.3 Å². The number of nitrogens with one attached hydrogen (secondary N) is 1. The molecule has 0 fully saturated rings. The lowest BCUT2D eigenvalue weighted by molar-refractivity contribution is 0.394. The van der Waals surface area contributed by atoms with Gasteiger partial charge in [0, 0.05) is 23.8 Å². The molecule has 4 rings (SSSR count). The van der Waals surface area contributed by atoms with Crippen molar-refractivity contribution in [3.8, 4) is 11.4 Å². The minimum absolute atomic E-state index is 0.535. The second-order valence-electron chi connectivity index (χ2n) is 6.42. The van der Waals surface area contributed by atoms with Crippen LogP contribution in [0.4, 0.5) is 5.82 Å². The quantitative estimate of drug-likeness (QED) is 0.481. The highest BCUT2D eigenvalue weighted by molar-refractivity contribution is 7.98. The molecule has 27 heavy (non-hydrogen) atoms. The Morgan fingerprint density at radius 1 is 1.00 bits per heavy atom. The van der Waals surface area contributed by atoms with Gasteiger partial charge in [-0.25, -0.2) is 4.98 Å². The van der Waals surface area contributed by atoms with Crippen LogP contribution in [0, 0.1) is 13.8 Å². The molecular formula is C21H20N4OS. The Bertz CT molecular complexity index is 1090. The molecule has 0 saturated heterocycles. The highest BCUT2D eigenvalue weighted by atomic mass is 32.2. The number of hydrogen-bond acceptors (Lipinski definition) is 6. The van der Waals surface area contributed by atoms with Crippen molar-refractivity contribution in [3.63, 3.8) is 0 Å². The molecule has 4 aromatic rings. The summed E-state index contributed by atoms with van der Waals surface area (Å²) < 4.78 is 5.17. The Morgan fingerprint density at radius 2 is 1.81 bits per heavy atom. The molecule has 0 unspecified atom stereocenters. The molecule has 2 heterocycles. The van der Waals surface area contributed by atoms with Gasteiger partial charge < -0.3 is 9.84 Å². The first-order valence-corrected chi connectivity index (χ1v) is 9.94. The van der Waals surface area contributed by atoms with Crippen LogP contribution in [0.5, 0.6) is 0 Å². The van der Waals surface area contributed by atoms with Crippen LogP contribution in [-0.2, 0) is 6.54 Å². The van der Waals surface area contributed by atoms with Gasteiger partial charge in [0.25, 0.3) is 0 Å². The van der Waals surface area contributed by atoms with Gasteiger partial charge in [-0.15, -0.1) is 11.8 Å². The molecule has 0 bridgehead atoms. The van der Waals surface area contributed by atoms with Crippen molar-refractivity contribution in [1.82, 2.24) is 15.1 Å². The van der Waals surface area contributed by atoms with Gasteiger partial charge in [-0.3, -0.25) is 0 Å². The maximum absolute atomic E-state index is 5.17. The average molecular weight is 376 g/mol. The second-order valence-corrected chi connectivity index (χ2v) is 7.30. The van der Waals surface area contributed by atoms with Crippen molar-refractivity contribution in [1.29, 1.82) is 0 Å². The van der Waals surface area contributed by atoms with Crippen LogP contribution in [-0.4, -0.2) is 21.4 Å². The van der Waals surface area contributed by atoms with Gasteiger partial charge in [0.15, 0.2) is 0 Å². The highest BCUT2D eigenvalue weighted by Crippen LogP contribution is 2.29. The monoisotopic (exact) mass is 376 g/mol. The summed E-state index contributed by atoms with van der Waals surface area (Å²) in [6.07, 6.45) is 2.08. The zero-order chi connectivity index (χ0) is 18.8. The molecule has 0 aliphatic heterocycles. The van der Waals surface area contributed by atoms with Gasteiger partial charge in [-0.1, -0.05) is 29.4 Å². The molecule has 1 N–H and O–H groups in total. The average Bonchev–Trinajstić information content (AvgIpc) is 3.12. The number of pyridine rings is 1. The van der Waals surface area contributed by atoms with Crippen molar-refractivity contribution in [3.05, 3.63) is 65.5 Å². The summed E-state index contributed by atoms with van der Waals surface area (Å²) in [4.78, 5) is 10.5. The maximum atomic E-state index is 5.17. The molecule has 0 radical (unpaired) electrons. The molecule has 6 heteroatoms. The number of anilines is 1. The summed E-state index contributed by atoms with van der Waals surface area (Å²) in [5.74, 6) is 1.83. The Hall–Kier alpha value is -2.86. The van der Waals surface area contributed by atoms with Gasteiger partial charge in [0.2, 0.25) is 11.7 Å². The van der Waals surface area contributed by atoms with Crippen molar-refractivity contribution in [2.75, 3.05) is 11.6 Å². The van der Waals surface area contributed by atoms with Crippen LogP contribution in [0.3, 0.4) is 0 Å². The van der Waals surface area contributed by atoms with Gasteiger partial charge in [-0.05, 0) is 48.6 Å². The fourth-order valence-corrected chi connectivity index (χ4v) is 3.33. The Kier molecular flexibility index (Phi) is 4.81. The summed E-state index contributed by atoms with van der Waals surface area (Å²) in [5, 5.41) is 8.58. The number of nitrogens with zero attached hydrogens (tertiary/aromatic N) is 3. The van der Waals surface area contributed by atoms with E-state index in [9.17, 15) is 0 Å². The van der Waals surface area contributed by atoms with Gasteiger partial charge >= 0.3 is 0 Å². The number of hydrogen-bond donors (Lipinski definition) is 1. The van der Waals surface area contributed by atoms with Crippen LogP contribution < -0.4 is 5.32 Å². The molecule has 2 aromatic heterocycles. The largest absolute Gasteiger partial charge is 0.365 e. The van der Waals surface area contributed by atoms with E-state index in [-0.39, 0.29) is 0 Å². The van der Waals surface area contributed by atoms with E-state index >= 15 is 0 Å². The first-order valence-electron chi connectivity index (χ1n) is 8.71. The fourth-order valence-electron chi connectivity index (χ4n) is 2.92. The minimum Gasteiger partial charge on any atom is -0.365 e. The van der Waals surface area contributed by atoms with Crippen LogP contribution >= 0.6 is 11.8 Å². The summed E-state index contributed by atoms with van der Waals surface area (Å²) in [6.45, 7) is 4.52. The van der Waals surface area contributed by atoms with E-state index in [4.69, 9.17) is 9.51 Å². The molecule has 0 saturated carbocycles. The van der Waals surface area contributed by atoms with E-state index in [2.05, 4.69) is 77.2 Å².